The number of hydrogen-bond donors (Lipinski definition) is 1. The van der Waals surface area contributed by atoms with Crippen molar-refractivity contribution < 1.29 is 18.8 Å². The minimum Gasteiger partial charge on any atom is -0.489 e. The molecule has 6 nitrogen and oxygen atoms in total. The first-order valence-electron chi connectivity index (χ1n) is 7.25. The summed E-state index contributed by atoms with van der Waals surface area (Å²) in [6, 6.07) is 7.31. The third-order valence-corrected chi connectivity index (χ3v) is 3.58. The molecule has 2 aromatic rings. The fourth-order valence-electron chi connectivity index (χ4n) is 2.20. The van der Waals surface area contributed by atoms with Crippen LogP contribution in [0.2, 0.25) is 0 Å². The molecular formula is C16H19BrN2O4. The van der Waals surface area contributed by atoms with Crippen molar-refractivity contribution in [1.82, 2.24) is 5.16 Å². The van der Waals surface area contributed by atoms with E-state index in [0.29, 0.717) is 23.8 Å². The van der Waals surface area contributed by atoms with Crippen LogP contribution in [0.3, 0.4) is 0 Å². The van der Waals surface area contributed by atoms with E-state index in [1.807, 2.05) is 32.0 Å². The molecule has 0 fully saturated rings. The Morgan fingerprint density at radius 2 is 2.17 bits per heavy atom. The van der Waals surface area contributed by atoms with Gasteiger partial charge in [0.1, 0.15) is 18.5 Å². The standard InChI is InChI=1S/C16H19BrN2O4/c1-10(2)7-12(22-16(18)20)9-21-14-4-3-11(17)8-13(14)15-5-6-19-23-15/h3-6,8,10,12H,7,9H2,1-2H3,(H2,18,20). The minimum atomic E-state index is -0.800. The van der Waals surface area contributed by atoms with Crippen molar-refractivity contribution in [2.75, 3.05) is 6.61 Å². The SMILES string of the molecule is CC(C)CC(COc1ccc(Br)cc1-c1ccno1)OC(N)=O. The third-order valence-electron chi connectivity index (χ3n) is 3.09. The molecule has 0 radical (unpaired) electrons. The van der Waals surface area contributed by atoms with Gasteiger partial charge >= 0.3 is 6.09 Å². The maximum Gasteiger partial charge on any atom is 0.404 e. The van der Waals surface area contributed by atoms with Crippen LogP contribution in [0.5, 0.6) is 5.75 Å². The smallest absolute Gasteiger partial charge is 0.404 e. The highest BCUT2D eigenvalue weighted by molar-refractivity contribution is 9.10. The van der Waals surface area contributed by atoms with E-state index in [1.165, 1.54) is 0 Å². The van der Waals surface area contributed by atoms with Gasteiger partial charge in [0.2, 0.25) is 0 Å². The minimum absolute atomic E-state index is 0.212. The number of aromatic nitrogens is 1. The lowest BCUT2D eigenvalue weighted by molar-refractivity contribution is 0.0592. The number of hydrogen-bond acceptors (Lipinski definition) is 5. The van der Waals surface area contributed by atoms with Gasteiger partial charge in [-0.1, -0.05) is 34.9 Å². The van der Waals surface area contributed by atoms with E-state index in [1.54, 1.807) is 12.3 Å². The van der Waals surface area contributed by atoms with Gasteiger partial charge in [0.15, 0.2) is 5.76 Å². The monoisotopic (exact) mass is 382 g/mol. The number of carbonyl (C=O) groups is 1. The molecule has 1 heterocycles. The summed E-state index contributed by atoms with van der Waals surface area (Å²) in [5.41, 5.74) is 5.88. The summed E-state index contributed by atoms with van der Waals surface area (Å²) in [6.45, 7) is 4.29. The van der Waals surface area contributed by atoms with Crippen molar-refractivity contribution in [2.45, 2.75) is 26.4 Å². The Bertz CT molecular complexity index is 644. The fraction of sp³-hybridized carbons (Fsp3) is 0.375. The molecule has 1 amide bonds. The van der Waals surface area contributed by atoms with Crippen molar-refractivity contribution >= 4 is 22.0 Å². The molecule has 1 unspecified atom stereocenters. The highest BCUT2D eigenvalue weighted by Crippen LogP contribution is 2.32. The Morgan fingerprint density at radius 3 is 2.78 bits per heavy atom. The predicted molar refractivity (Wildman–Crippen MR) is 89.0 cm³/mol. The summed E-state index contributed by atoms with van der Waals surface area (Å²) < 4.78 is 17.0. The Morgan fingerprint density at radius 1 is 1.39 bits per heavy atom. The van der Waals surface area contributed by atoms with Crippen LogP contribution in [-0.4, -0.2) is 24.0 Å². The molecule has 2 rings (SSSR count). The Kier molecular flexibility index (Phi) is 6.04. The van der Waals surface area contributed by atoms with Gasteiger partial charge in [0, 0.05) is 10.5 Å². The number of amides is 1. The number of benzene rings is 1. The second-order valence-corrected chi connectivity index (χ2v) is 6.43. The molecule has 0 bridgehead atoms. The topological polar surface area (TPSA) is 87.6 Å². The quantitative estimate of drug-likeness (QED) is 0.781. The zero-order chi connectivity index (χ0) is 16.8. The molecule has 0 aliphatic rings. The number of halogens is 1. The molecule has 0 aliphatic carbocycles. The lowest BCUT2D eigenvalue weighted by Crippen LogP contribution is -2.29. The van der Waals surface area contributed by atoms with Crippen molar-refractivity contribution in [3.8, 4) is 17.1 Å². The molecule has 124 valence electrons. The highest BCUT2D eigenvalue weighted by atomic mass is 79.9. The third kappa shape index (κ3) is 5.28. The molecule has 2 N–H and O–H groups in total. The molecule has 0 saturated heterocycles. The van der Waals surface area contributed by atoms with Crippen LogP contribution in [0.25, 0.3) is 11.3 Å². The van der Waals surface area contributed by atoms with E-state index in [-0.39, 0.29) is 6.61 Å². The number of nitrogens with two attached hydrogens (primary N) is 1. The molecular weight excluding hydrogens is 364 g/mol. The largest absolute Gasteiger partial charge is 0.489 e. The lowest BCUT2D eigenvalue weighted by Gasteiger charge is -2.20. The molecule has 7 heteroatoms. The van der Waals surface area contributed by atoms with E-state index < -0.39 is 12.2 Å². The van der Waals surface area contributed by atoms with E-state index in [4.69, 9.17) is 19.7 Å². The average Bonchev–Trinajstić information content (AvgIpc) is 2.98. The molecule has 0 saturated carbocycles. The summed E-state index contributed by atoms with van der Waals surface area (Å²) in [4.78, 5) is 11.0. The van der Waals surface area contributed by atoms with E-state index in [9.17, 15) is 4.79 Å². The molecule has 23 heavy (non-hydrogen) atoms. The summed E-state index contributed by atoms with van der Waals surface area (Å²) in [6.07, 6.45) is 1.03. The van der Waals surface area contributed by atoms with Crippen LogP contribution >= 0.6 is 15.9 Å². The molecule has 1 atom stereocenters. The van der Waals surface area contributed by atoms with Crippen molar-refractivity contribution in [3.05, 3.63) is 34.9 Å². The highest BCUT2D eigenvalue weighted by Gasteiger charge is 2.17. The van der Waals surface area contributed by atoms with Crippen LogP contribution in [0, 0.1) is 5.92 Å². The van der Waals surface area contributed by atoms with Gasteiger partial charge in [0.05, 0.1) is 11.8 Å². The van der Waals surface area contributed by atoms with Gasteiger partial charge in [0.25, 0.3) is 0 Å². The number of carbonyl (C=O) groups excluding carboxylic acids is 1. The molecule has 0 aliphatic heterocycles. The first-order chi connectivity index (χ1) is 11.0. The van der Waals surface area contributed by atoms with E-state index >= 15 is 0 Å². The first kappa shape index (κ1) is 17.3. The number of nitrogens with zero attached hydrogens (tertiary/aromatic N) is 1. The van der Waals surface area contributed by atoms with Crippen LogP contribution in [0.4, 0.5) is 4.79 Å². The zero-order valence-electron chi connectivity index (χ0n) is 13.0. The Hall–Kier alpha value is -2.02. The van der Waals surface area contributed by atoms with Crippen molar-refractivity contribution in [2.24, 2.45) is 11.7 Å². The summed E-state index contributed by atoms with van der Waals surface area (Å²) in [5.74, 6) is 1.56. The van der Waals surface area contributed by atoms with Crippen LogP contribution in [0.1, 0.15) is 20.3 Å². The normalized spacial score (nSPS) is 12.2. The number of ether oxygens (including phenoxy) is 2. The fourth-order valence-corrected chi connectivity index (χ4v) is 2.56. The Balaban J connectivity index is 2.14. The van der Waals surface area contributed by atoms with E-state index in [0.717, 1.165) is 10.0 Å². The Labute approximate surface area is 143 Å². The van der Waals surface area contributed by atoms with E-state index in [2.05, 4.69) is 21.1 Å². The van der Waals surface area contributed by atoms with Gasteiger partial charge in [-0.3, -0.25) is 0 Å². The van der Waals surface area contributed by atoms with Gasteiger partial charge < -0.3 is 19.7 Å². The molecule has 1 aromatic heterocycles. The van der Waals surface area contributed by atoms with Crippen LogP contribution in [0.15, 0.2) is 39.5 Å². The first-order valence-corrected chi connectivity index (χ1v) is 8.04. The average molecular weight is 383 g/mol. The second-order valence-electron chi connectivity index (χ2n) is 5.52. The maximum atomic E-state index is 11.0. The van der Waals surface area contributed by atoms with Gasteiger partial charge in [-0.2, -0.15) is 0 Å². The summed E-state index contributed by atoms with van der Waals surface area (Å²) in [5, 5.41) is 3.71. The number of rotatable bonds is 7. The number of primary amides is 1. The van der Waals surface area contributed by atoms with Gasteiger partial charge in [-0.05, 0) is 30.5 Å². The van der Waals surface area contributed by atoms with Crippen molar-refractivity contribution in [1.29, 1.82) is 0 Å². The second kappa shape index (κ2) is 8.01. The molecule has 0 spiro atoms. The molecule has 1 aromatic carbocycles. The van der Waals surface area contributed by atoms with Crippen molar-refractivity contribution in [3.63, 3.8) is 0 Å². The van der Waals surface area contributed by atoms with Crippen LogP contribution in [-0.2, 0) is 4.74 Å². The maximum absolute atomic E-state index is 11.0. The zero-order valence-corrected chi connectivity index (χ0v) is 14.6. The summed E-state index contributed by atoms with van der Waals surface area (Å²) >= 11 is 3.42. The van der Waals surface area contributed by atoms with Gasteiger partial charge in [-0.25, -0.2) is 4.79 Å². The summed E-state index contributed by atoms with van der Waals surface area (Å²) in [7, 11) is 0. The predicted octanol–water partition coefficient (Wildman–Crippen LogP) is 3.99. The van der Waals surface area contributed by atoms with Crippen LogP contribution < -0.4 is 10.5 Å². The van der Waals surface area contributed by atoms with Gasteiger partial charge in [-0.15, -0.1) is 0 Å². The lowest BCUT2D eigenvalue weighted by atomic mass is 10.1.